The SMILES string of the molecule is O=C(O)N1[C@H](CO)CC[C@@H]1c1ccc(F)c(F)c1. The number of rotatable bonds is 2. The number of aliphatic hydroxyl groups excluding tert-OH is 1. The van der Waals surface area contributed by atoms with Gasteiger partial charge in [-0.1, -0.05) is 6.07 Å². The third kappa shape index (κ3) is 2.15. The van der Waals surface area contributed by atoms with Crippen molar-refractivity contribution >= 4 is 6.09 Å². The standard InChI is InChI=1S/C12H13F2NO3/c13-9-3-1-7(5-10(9)14)11-4-2-8(6-16)15(11)12(17)18/h1,3,5,8,11,16H,2,4,6H2,(H,17,18)/t8-,11+/m0/s1. The number of aliphatic hydroxyl groups is 1. The Morgan fingerprint density at radius 1 is 1.33 bits per heavy atom. The van der Waals surface area contributed by atoms with Gasteiger partial charge in [0.1, 0.15) is 0 Å². The molecule has 6 heteroatoms. The maximum Gasteiger partial charge on any atom is 0.408 e. The van der Waals surface area contributed by atoms with E-state index in [1.165, 1.54) is 6.07 Å². The molecule has 2 rings (SSSR count). The Morgan fingerprint density at radius 2 is 2.06 bits per heavy atom. The van der Waals surface area contributed by atoms with E-state index in [0.29, 0.717) is 18.4 Å². The van der Waals surface area contributed by atoms with Crippen molar-refractivity contribution in [3.63, 3.8) is 0 Å². The number of carboxylic acid groups (broad SMARTS) is 1. The molecule has 1 heterocycles. The van der Waals surface area contributed by atoms with Gasteiger partial charge in [0.05, 0.1) is 18.7 Å². The van der Waals surface area contributed by atoms with Crippen LogP contribution in [0.25, 0.3) is 0 Å². The number of likely N-dealkylation sites (tertiary alicyclic amines) is 1. The van der Waals surface area contributed by atoms with Gasteiger partial charge in [0, 0.05) is 0 Å². The fourth-order valence-electron chi connectivity index (χ4n) is 2.40. The van der Waals surface area contributed by atoms with Crippen molar-refractivity contribution in [3.05, 3.63) is 35.4 Å². The average molecular weight is 257 g/mol. The van der Waals surface area contributed by atoms with Crippen LogP contribution in [-0.4, -0.2) is 33.9 Å². The molecule has 2 N–H and O–H groups in total. The third-order valence-corrected chi connectivity index (χ3v) is 3.26. The molecular weight excluding hydrogens is 244 g/mol. The number of benzene rings is 1. The first-order valence-electron chi connectivity index (χ1n) is 5.61. The van der Waals surface area contributed by atoms with Crippen LogP contribution in [0, 0.1) is 11.6 Å². The minimum atomic E-state index is -1.17. The average Bonchev–Trinajstić information content (AvgIpc) is 2.76. The van der Waals surface area contributed by atoms with E-state index >= 15 is 0 Å². The number of halogens is 2. The highest BCUT2D eigenvalue weighted by molar-refractivity contribution is 5.67. The quantitative estimate of drug-likeness (QED) is 0.853. The van der Waals surface area contributed by atoms with Crippen molar-refractivity contribution in [1.29, 1.82) is 0 Å². The van der Waals surface area contributed by atoms with Crippen LogP contribution in [0.5, 0.6) is 0 Å². The van der Waals surface area contributed by atoms with E-state index in [9.17, 15) is 13.6 Å². The number of amides is 1. The van der Waals surface area contributed by atoms with Gasteiger partial charge < -0.3 is 10.2 Å². The minimum absolute atomic E-state index is 0.271. The van der Waals surface area contributed by atoms with Gasteiger partial charge in [-0.05, 0) is 30.5 Å². The molecule has 0 aromatic heterocycles. The Bertz CT molecular complexity index is 467. The second kappa shape index (κ2) is 4.89. The molecule has 1 amide bonds. The predicted molar refractivity (Wildman–Crippen MR) is 59.1 cm³/mol. The molecule has 1 aromatic rings. The zero-order valence-electron chi connectivity index (χ0n) is 9.51. The second-order valence-corrected chi connectivity index (χ2v) is 4.29. The van der Waals surface area contributed by atoms with Crippen molar-refractivity contribution in [2.75, 3.05) is 6.61 Å². The van der Waals surface area contributed by atoms with E-state index in [1.807, 2.05) is 0 Å². The van der Waals surface area contributed by atoms with Gasteiger partial charge in [-0.2, -0.15) is 0 Å². The molecule has 1 saturated heterocycles. The molecule has 0 bridgehead atoms. The highest BCUT2D eigenvalue weighted by Crippen LogP contribution is 2.36. The monoisotopic (exact) mass is 257 g/mol. The van der Waals surface area contributed by atoms with Gasteiger partial charge >= 0.3 is 6.09 Å². The fourth-order valence-corrected chi connectivity index (χ4v) is 2.40. The Balaban J connectivity index is 2.31. The molecule has 4 nitrogen and oxygen atoms in total. The summed E-state index contributed by atoms with van der Waals surface area (Å²) in [5, 5.41) is 18.2. The van der Waals surface area contributed by atoms with Crippen LogP contribution in [0.2, 0.25) is 0 Å². The zero-order chi connectivity index (χ0) is 13.3. The lowest BCUT2D eigenvalue weighted by molar-refractivity contribution is 0.0997. The van der Waals surface area contributed by atoms with Gasteiger partial charge in [-0.15, -0.1) is 0 Å². The van der Waals surface area contributed by atoms with Crippen LogP contribution in [0.4, 0.5) is 13.6 Å². The van der Waals surface area contributed by atoms with Crippen molar-refractivity contribution in [3.8, 4) is 0 Å². The molecule has 0 unspecified atom stereocenters. The van der Waals surface area contributed by atoms with Crippen LogP contribution >= 0.6 is 0 Å². The minimum Gasteiger partial charge on any atom is -0.465 e. The summed E-state index contributed by atoms with van der Waals surface area (Å²) in [4.78, 5) is 12.3. The van der Waals surface area contributed by atoms with Crippen molar-refractivity contribution in [2.24, 2.45) is 0 Å². The summed E-state index contributed by atoms with van der Waals surface area (Å²) in [6.45, 7) is -0.271. The second-order valence-electron chi connectivity index (χ2n) is 4.29. The third-order valence-electron chi connectivity index (χ3n) is 3.26. The Kier molecular flexibility index (Phi) is 3.47. The number of carbonyl (C=O) groups is 1. The van der Waals surface area contributed by atoms with E-state index in [4.69, 9.17) is 10.2 Å². The zero-order valence-corrected chi connectivity index (χ0v) is 9.51. The lowest BCUT2D eigenvalue weighted by Gasteiger charge is -2.26. The Labute approximate surface area is 102 Å². The van der Waals surface area contributed by atoms with E-state index in [2.05, 4.69) is 0 Å². The van der Waals surface area contributed by atoms with Gasteiger partial charge in [-0.3, -0.25) is 4.90 Å². The first kappa shape index (κ1) is 12.8. The van der Waals surface area contributed by atoms with E-state index < -0.39 is 29.8 Å². The van der Waals surface area contributed by atoms with Crippen molar-refractivity contribution in [2.45, 2.75) is 24.9 Å². The van der Waals surface area contributed by atoms with E-state index in [1.54, 1.807) is 0 Å². The highest BCUT2D eigenvalue weighted by atomic mass is 19.2. The predicted octanol–water partition coefficient (Wildman–Crippen LogP) is 2.14. The maximum atomic E-state index is 13.1. The van der Waals surface area contributed by atoms with Crippen LogP contribution < -0.4 is 0 Å². The van der Waals surface area contributed by atoms with Gasteiger partial charge in [0.15, 0.2) is 11.6 Å². The molecule has 0 saturated carbocycles. The summed E-state index contributed by atoms with van der Waals surface area (Å²) in [7, 11) is 0. The summed E-state index contributed by atoms with van der Waals surface area (Å²) in [6.07, 6.45) is -0.170. The first-order chi connectivity index (χ1) is 8.54. The summed E-state index contributed by atoms with van der Waals surface area (Å²) in [5.74, 6) is -1.96. The van der Waals surface area contributed by atoms with E-state index in [-0.39, 0.29) is 6.61 Å². The highest BCUT2D eigenvalue weighted by Gasteiger charge is 2.37. The van der Waals surface area contributed by atoms with Gasteiger partial charge in [0.2, 0.25) is 0 Å². The van der Waals surface area contributed by atoms with E-state index in [0.717, 1.165) is 17.0 Å². The Morgan fingerprint density at radius 3 is 2.61 bits per heavy atom. The van der Waals surface area contributed by atoms with Crippen LogP contribution in [-0.2, 0) is 0 Å². The fraction of sp³-hybridized carbons (Fsp3) is 0.417. The molecule has 0 radical (unpaired) electrons. The number of nitrogens with zero attached hydrogens (tertiary/aromatic N) is 1. The molecule has 18 heavy (non-hydrogen) atoms. The molecule has 1 aliphatic heterocycles. The first-order valence-corrected chi connectivity index (χ1v) is 5.61. The topological polar surface area (TPSA) is 60.8 Å². The molecule has 1 aliphatic rings. The normalized spacial score (nSPS) is 23.4. The molecule has 0 aliphatic carbocycles. The van der Waals surface area contributed by atoms with Gasteiger partial charge in [0.25, 0.3) is 0 Å². The smallest absolute Gasteiger partial charge is 0.408 e. The largest absolute Gasteiger partial charge is 0.465 e. The lowest BCUT2D eigenvalue weighted by Crippen LogP contribution is -2.38. The van der Waals surface area contributed by atoms with Gasteiger partial charge in [-0.25, -0.2) is 13.6 Å². The summed E-state index contributed by atoms with van der Waals surface area (Å²) >= 11 is 0. The Hall–Kier alpha value is -1.69. The van der Waals surface area contributed by atoms with Crippen molar-refractivity contribution in [1.82, 2.24) is 4.90 Å². The number of hydrogen-bond acceptors (Lipinski definition) is 2. The van der Waals surface area contributed by atoms with Crippen LogP contribution in [0.3, 0.4) is 0 Å². The molecule has 98 valence electrons. The maximum absolute atomic E-state index is 13.1. The molecule has 1 aromatic carbocycles. The van der Waals surface area contributed by atoms with Crippen molar-refractivity contribution < 1.29 is 23.8 Å². The summed E-state index contributed by atoms with van der Waals surface area (Å²) < 4.78 is 26.0. The molecular formula is C12H13F2NO3. The lowest BCUT2D eigenvalue weighted by atomic mass is 10.0. The molecule has 1 fully saturated rings. The van der Waals surface area contributed by atoms with Crippen LogP contribution in [0.15, 0.2) is 18.2 Å². The molecule has 0 spiro atoms. The summed E-state index contributed by atoms with van der Waals surface area (Å²) in [5.41, 5.74) is 0.409. The number of hydrogen-bond donors (Lipinski definition) is 2. The summed E-state index contributed by atoms with van der Waals surface area (Å²) in [6, 6.07) is 2.35. The van der Waals surface area contributed by atoms with Crippen LogP contribution in [0.1, 0.15) is 24.4 Å². The molecule has 2 atom stereocenters.